The first-order chi connectivity index (χ1) is 8.28. The summed E-state index contributed by atoms with van der Waals surface area (Å²) in [6.07, 6.45) is 5.45. The largest absolute Gasteiger partial charge is 0.254 e. The van der Waals surface area contributed by atoms with E-state index in [1.54, 1.807) is 0 Å². The fraction of sp³-hybridized carbons (Fsp3) is 0.0667. The molecule has 0 bridgehead atoms. The van der Waals surface area contributed by atoms with Crippen molar-refractivity contribution in [3.63, 3.8) is 0 Å². The highest BCUT2D eigenvalue weighted by atomic mass is 14.7. The van der Waals surface area contributed by atoms with Crippen molar-refractivity contribution < 1.29 is 0 Å². The summed E-state index contributed by atoms with van der Waals surface area (Å²) in [5, 5.41) is 2.27. The van der Waals surface area contributed by atoms with Crippen molar-refractivity contribution >= 4 is 27.9 Å². The van der Waals surface area contributed by atoms with Crippen molar-refractivity contribution in [3.8, 4) is 0 Å². The van der Waals surface area contributed by atoms with Gasteiger partial charge in [-0.25, -0.2) is 0 Å². The second-order valence-electron chi connectivity index (χ2n) is 4.18. The fourth-order valence-electron chi connectivity index (χ4n) is 2.03. The molecule has 0 aliphatic rings. The molecule has 0 fully saturated rings. The standard InChI is InChI=1S/C15H12N2/c1-3-11-7-13-12-5-4-10(2)6-14(12)17-9-15(13)16-8-11/h3-9H,1H2,2H3. The maximum atomic E-state index is 4.44. The maximum Gasteiger partial charge on any atom is 0.0892 e. The van der Waals surface area contributed by atoms with Crippen LogP contribution in [0.1, 0.15) is 11.1 Å². The molecule has 0 saturated heterocycles. The summed E-state index contributed by atoms with van der Waals surface area (Å²) in [4.78, 5) is 8.83. The summed E-state index contributed by atoms with van der Waals surface area (Å²) in [5.41, 5.74) is 4.19. The smallest absolute Gasteiger partial charge is 0.0892 e. The van der Waals surface area contributed by atoms with Gasteiger partial charge in [0.1, 0.15) is 0 Å². The topological polar surface area (TPSA) is 25.8 Å². The second kappa shape index (κ2) is 3.67. The van der Waals surface area contributed by atoms with Crippen molar-refractivity contribution in [1.82, 2.24) is 9.97 Å². The van der Waals surface area contributed by atoms with Gasteiger partial charge in [0, 0.05) is 17.0 Å². The Labute approximate surface area is 99.6 Å². The van der Waals surface area contributed by atoms with Gasteiger partial charge < -0.3 is 0 Å². The Morgan fingerprint density at radius 2 is 1.82 bits per heavy atom. The Hall–Kier alpha value is -2.22. The van der Waals surface area contributed by atoms with E-state index in [4.69, 9.17) is 0 Å². The van der Waals surface area contributed by atoms with Crippen LogP contribution in [0.4, 0.5) is 0 Å². The number of aryl methyl sites for hydroxylation is 1. The molecular weight excluding hydrogens is 208 g/mol. The lowest BCUT2D eigenvalue weighted by atomic mass is 10.1. The Bertz CT molecular complexity index is 729. The van der Waals surface area contributed by atoms with Crippen LogP contribution in [-0.2, 0) is 0 Å². The molecule has 0 aliphatic carbocycles. The van der Waals surface area contributed by atoms with E-state index >= 15 is 0 Å². The molecule has 0 radical (unpaired) electrons. The van der Waals surface area contributed by atoms with Crippen LogP contribution in [-0.4, -0.2) is 9.97 Å². The maximum absolute atomic E-state index is 4.44. The molecule has 0 atom stereocenters. The first kappa shape index (κ1) is 9.97. The van der Waals surface area contributed by atoms with E-state index in [1.165, 1.54) is 5.56 Å². The Kier molecular flexibility index (Phi) is 2.15. The predicted molar refractivity (Wildman–Crippen MR) is 71.9 cm³/mol. The highest BCUT2D eigenvalue weighted by molar-refractivity contribution is 6.04. The van der Waals surface area contributed by atoms with E-state index in [9.17, 15) is 0 Å². The lowest BCUT2D eigenvalue weighted by Gasteiger charge is -2.04. The monoisotopic (exact) mass is 220 g/mol. The molecule has 0 aliphatic heterocycles. The van der Waals surface area contributed by atoms with E-state index in [2.05, 4.69) is 47.7 Å². The first-order valence-electron chi connectivity index (χ1n) is 5.55. The highest BCUT2D eigenvalue weighted by Crippen LogP contribution is 2.23. The minimum absolute atomic E-state index is 0.923. The number of aromatic nitrogens is 2. The van der Waals surface area contributed by atoms with Gasteiger partial charge in [-0.05, 0) is 30.2 Å². The van der Waals surface area contributed by atoms with Gasteiger partial charge in [-0.15, -0.1) is 0 Å². The summed E-state index contributed by atoms with van der Waals surface area (Å²) in [5.74, 6) is 0. The molecule has 0 N–H and O–H groups in total. The van der Waals surface area contributed by atoms with E-state index in [0.717, 1.165) is 27.4 Å². The molecule has 2 heterocycles. The molecule has 2 nitrogen and oxygen atoms in total. The number of hydrogen-bond acceptors (Lipinski definition) is 2. The summed E-state index contributed by atoms with van der Waals surface area (Å²) >= 11 is 0. The number of fused-ring (bicyclic) bond motifs is 3. The van der Waals surface area contributed by atoms with E-state index in [1.807, 2.05) is 18.5 Å². The average molecular weight is 220 g/mol. The van der Waals surface area contributed by atoms with Gasteiger partial charge in [-0.1, -0.05) is 24.8 Å². The third kappa shape index (κ3) is 1.58. The fourth-order valence-corrected chi connectivity index (χ4v) is 2.03. The van der Waals surface area contributed by atoms with Crippen LogP contribution in [0.15, 0.2) is 43.2 Å². The Morgan fingerprint density at radius 3 is 2.65 bits per heavy atom. The molecule has 3 rings (SSSR count). The van der Waals surface area contributed by atoms with Crippen LogP contribution in [0.5, 0.6) is 0 Å². The molecule has 0 saturated carbocycles. The minimum Gasteiger partial charge on any atom is -0.254 e. The van der Waals surface area contributed by atoms with Crippen LogP contribution in [0.25, 0.3) is 27.9 Å². The van der Waals surface area contributed by atoms with Crippen molar-refractivity contribution in [3.05, 3.63) is 54.4 Å². The molecule has 1 aromatic carbocycles. The van der Waals surface area contributed by atoms with Crippen LogP contribution < -0.4 is 0 Å². The van der Waals surface area contributed by atoms with Crippen LogP contribution >= 0.6 is 0 Å². The molecule has 2 heteroatoms. The van der Waals surface area contributed by atoms with Gasteiger partial charge in [-0.2, -0.15) is 0 Å². The summed E-state index contributed by atoms with van der Waals surface area (Å²) < 4.78 is 0. The third-order valence-corrected chi connectivity index (χ3v) is 2.94. The molecule has 82 valence electrons. The molecular formula is C15H12N2. The zero-order chi connectivity index (χ0) is 11.8. The van der Waals surface area contributed by atoms with Gasteiger partial charge in [0.2, 0.25) is 0 Å². The van der Waals surface area contributed by atoms with Crippen LogP contribution in [0.2, 0.25) is 0 Å². The summed E-state index contributed by atoms with van der Waals surface area (Å²) in [6.45, 7) is 5.85. The van der Waals surface area contributed by atoms with Gasteiger partial charge in [0.15, 0.2) is 0 Å². The SMILES string of the molecule is C=Cc1cnc2cnc3cc(C)ccc3c2c1. The van der Waals surface area contributed by atoms with Crippen molar-refractivity contribution in [1.29, 1.82) is 0 Å². The number of hydrogen-bond donors (Lipinski definition) is 0. The molecule has 3 aromatic rings. The molecule has 0 unspecified atom stereocenters. The quantitative estimate of drug-likeness (QED) is 0.584. The zero-order valence-corrected chi connectivity index (χ0v) is 9.64. The summed E-state index contributed by atoms with van der Waals surface area (Å²) in [7, 11) is 0. The summed E-state index contributed by atoms with van der Waals surface area (Å²) in [6, 6.07) is 8.41. The Balaban J connectivity index is 2.48. The zero-order valence-electron chi connectivity index (χ0n) is 9.64. The number of rotatable bonds is 1. The lowest BCUT2D eigenvalue weighted by molar-refractivity contribution is 1.34. The number of benzene rings is 1. The lowest BCUT2D eigenvalue weighted by Crippen LogP contribution is -1.86. The number of nitrogens with zero attached hydrogens (tertiary/aromatic N) is 2. The molecule has 2 aromatic heterocycles. The van der Waals surface area contributed by atoms with Gasteiger partial charge in [-0.3, -0.25) is 9.97 Å². The highest BCUT2D eigenvalue weighted by Gasteiger charge is 2.03. The Morgan fingerprint density at radius 1 is 1.00 bits per heavy atom. The second-order valence-corrected chi connectivity index (χ2v) is 4.18. The average Bonchev–Trinajstić information content (AvgIpc) is 2.37. The van der Waals surface area contributed by atoms with Gasteiger partial charge >= 0.3 is 0 Å². The third-order valence-electron chi connectivity index (χ3n) is 2.94. The van der Waals surface area contributed by atoms with E-state index in [0.29, 0.717) is 0 Å². The first-order valence-corrected chi connectivity index (χ1v) is 5.55. The molecule has 0 amide bonds. The minimum atomic E-state index is 0.923. The van der Waals surface area contributed by atoms with Crippen molar-refractivity contribution in [2.24, 2.45) is 0 Å². The molecule has 17 heavy (non-hydrogen) atoms. The molecule has 0 spiro atoms. The predicted octanol–water partition coefficient (Wildman–Crippen LogP) is 3.73. The van der Waals surface area contributed by atoms with Crippen LogP contribution in [0, 0.1) is 6.92 Å². The van der Waals surface area contributed by atoms with Gasteiger partial charge in [0.05, 0.1) is 17.2 Å². The normalized spacial score (nSPS) is 10.9. The van der Waals surface area contributed by atoms with Gasteiger partial charge in [0.25, 0.3) is 0 Å². The van der Waals surface area contributed by atoms with Crippen molar-refractivity contribution in [2.75, 3.05) is 0 Å². The van der Waals surface area contributed by atoms with E-state index in [-0.39, 0.29) is 0 Å². The number of pyridine rings is 2. The van der Waals surface area contributed by atoms with Crippen molar-refractivity contribution in [2.45, 2.75) is 6.92 Å². The van der Waals surface area contributed by atoms with E-state index < -0.39 is 0 Å². The van der Waals surface area contributed by atoms with Crippen LogP contribution in [0.3, 0.4) is 0 Å².